The van der Waals surface area contributed by atoms with E-state index >= 15 is 0 Å². The molecule has 35 heavy (non-hydrogen) atoms. The number of hydrogen-bond acceptors (Lipinski definition) is 5. The molecule has 4 amide bonds. The number of rotatable bonds is 5. The van der Waals surface area contributed by atoms with E-state index in [1.165, 1.54) is 4.90 Å². The molecule has 3 heterocycles. The molecule has 0 radical (unpaired) electrons. The fourth-order valence-electron chi connectivity index (χ4n) is 4.69. The predicted octanol–water partition coefficient (Wildman–Crippen LogP) is 2.38. The van der Waals surface area contributed by atoms with Gasteiger partial charge in [0.25, 0.3) is 11.8 Å². The summed E-state index contributed by atoms with van der Waals surface area (Å²) in [5.41, 5.74) is 6.46. The van der Waals surface area contributed by atoms with Crippen molar-refractivity contribution in [3.8, 4) is 11.3 Å². The Kier molecular flexibility index (Phi) is 5.68. The summed E-state index contributed by atoms with van der Waals surface area (Å²) in [5, 5.41) is 12.3. The highest BCUT2D eigenvalue weighted by Crippen LogP contribution is 2.28. The van der Waals surface area contributed by atoms with Crippen molar-refractivity contribution in [3.05, 3.63) is 76.0 Å². The molecule has 5 rings (SSSR count). The van der Waals surface area contributed by atoms with Gasteiger partial charge in [0.1, 0.15) is 11.7 Å². The van der Waals surface area contributed by atoms with Gasteiger partial charge in [-0.25, -0.2) is 0 Å². The Morgan fingerprint density at radius 2 is 1.89 bits per heavy atom. The number of H-pyrrole nitrogens is 1. The zero-order valence-electron chi connectivity index (χ0n) is 19.5. The Labute approximate surface area is 201 Å². The summed E-state index contributed by atoms with van der Waals surface area (Å²) in [6.45, 7) is 4.61. The van der Waals surface area contributed by atoms with Gasteiger partial charge in [0.2, 0.25) is 11.8 Å². The fraction of sp³-hybridized carbons (Fsp3) is 0.269. The van der Waals surface area contributed by atoms with E-state index in [9.17, 15) is 19.2 Å². The number of aromatic nitrogens is 2. The number of fused-ring (bicyclic) bond motifs is 1. The number of hydrogen-bond donors (Lipinski definition) is 3. The highest BCUT2D eigenvalue weighted by Gasteiger charge is 2.39. The molecule has 3 N–H and O–H groups in total. The number of nitrogens with zero attached hydrogens (tertiary/aromatic N) is 2. The van der Waals surface area contributed by atoms with Gasteiger partial charge in [-0.05, 0) is 49.1 Å². The molecular formula is C26H25N5O4. The number of amides is 4. The minimum atomic E-state index is -0.650. The number of nitrogens with one attached hydrogen (secondary N) is 3. The van der Waals surface area contributed by atoms with Gasteiger partial charge in [-0.1, -0.05) is 35.9 Å². The second kappa shape index (κ2) is 8.83. The van der Waals surface area contributed by atoms with Crippen LogP contribution in [0.2, 0.25) is 0 Å². The maximum Gasteiger partial charge on any atom is 0.269 e. The van der Waals surface area contributed by atoms with E-state index in [4.69, 9.17) is 0 Å². The van der Waals surface area contributed by atoms with Crippen LogP contribution < -0.4 is 10.6 Å². The summed E-state index contributed by atoms with van der Waals surface area (Å²) in [7, 11) is 0. The summed E-state index contributed by atoms with van der Waals surface area (Å²) in [4.78, 5) is 50.7. The quantitative estimate of drug-likeness (QED) is 0.493. The van der Waals surface area contributed by atoms with Crippen LogP contribution in [-0.4, -0.2) is 44.8 Å². The average molecular weight is 472 g/mol. The van der Waals surface area contributed by atoms with E-state index in [2.05, 4.69) is 26.9 Å². The van der Waals surface area contributed by atoms with Crippen LogP contribution in [0.5, 0.6) is 0 Å². The summed E-state index contributed by atoms with van der Waals surface area (Å²) in [5.74, 6) is -1.25. The molecule has 2 aromatic carbocycles. The van der Waals surface area contributed by atoms with E-state index < -0.39 is 11.9 Å². The lowest BCUT2D eigenvalue weighted by Crippen LogP contribution is -2.52. The standard InChI is InChI=1S/C26H25N5O4/c1-14-3-5-18(15(2)9-14)20-11-21(30-29-20)24(33)27-12-16-4-6-19-17(10-16)13-31(26(19)35)22-7-8-23(32)28-25(22)34/h3-6,9-11,22H,7-8,12-13H2,1-2H3,(H,27,33)(H,29,30)(H,28,32,34). The Hall–Kier alpha value is -4.27. The third kappa shape index (κ3) is 4.32. The molecule has 0 saturated carbocycles. The molecule has 9 nitrogen and oxygen atoms in total. The SMILES string of the molecule is Cc1ccc(-c2cc(C(=O)NCc3ccc4c(c3)CN(C3CCC(=O)NC3=O)C4=O)[nH]n2)c(C)c1. The molecule has 1 saturated heterocycles. The Balaban J connectivity index is 1.24. The number of benzene rings is 2. The van der Waals surface area contributed by atoms with Gasteiger partial charge in [0, 0.05) is 30.6 Å². The second-order valence-corrected chi connectivity index (χ2v) is 9.06. The molecule has 0 spiro atoms. The number of carbonyl (C=O) groups excluding carboxylic acids is 4. The van der Waals surface area contributed by atoms with E-state index in [0.29, 0.717) is 29.9 Å². The van der Waals surface area contributed by atoms with Gasteiger partial charge < -0.3 is 10.2 Å². The number of aryl methyl sites for hydroxylation is 2. The molecule has 9 heteroatoms. The smallest absolute Gasteiger partial charge is 0.269 e. The van der Waals surface area contributed by atoms with Gasteiger partial charge in [0.05, 0.1) is 5.69 Å². The zero-order valence-corrected chi connectivity index (χ0v) is 19.5. The Morgan fingerprint density at radius 3 is 2.66 bits per heavy atom. The first kappa shape index (κ1) is 22.5. The van der Waals surface area contributed by atoms with Crippen molar-refractivity contribution in [2.45, 2.75) is 45.8 Å². The Morgan fingerprint density at radius 1 is 1.09 bits per heavy atom. The molecule has 1 aromatic heterocycles. The van der Waals surface area contributed by atoms with Gasteiger partial charge in [0.15, 0.2) is 0 Å². The van der Waals surface area contributed by atoms with Gasteiger partial charge in [-0.3, -0.25) is 29.6 Å². The topological polar surface area (TPSA) is 124 Å². The highest BCUT2D eigenvalue weighted by molar-refractivity contribution is 6.05. The average Bonchev–Trinajstić information content (AvgIpc) is 3.43. The highest BCUT2D eigenvalue weighted by atomic mass is 16.2. The molecule has 2 aliphatic heterocycles. The van der Waals surface area contributed by atoms with Crippen LogP contribution >= 0.6 is 0 Å². The summed E-state index contributed by atoms with van der Waals surface area (Å²) < 4.78 is 0. The normalized spacial score (nSPS) is 17.4. The van der Waals surface area contributed by atoms with Crippen molar-refractivity contribution in [3.63, 3.8) is 0 Å². The largest absolute Gasteiger partial charge is 0.347 e. The summed E-state index contributed by atoms with van der Waals surface area (Å²) in [6, 6.07) is 12.5. The third-order valence-corrected chi connectivity index (χ3v) is 6.52. The minimum Gasteiger partial charge on any atom is -0.347 e. The number of imide groups is 1. The number of piperidine rings is 1. The van der Waals surface area contributed by atoms with Crippen molar-refractivity contribution in [2.24, 2.45) is 0 Å². The summed E-state index contributed by atoms with van der Waals surface area (Å²) in [6.07, 6.45) is 0.536. The lowest BCUT2D eigenvalue weighted by Gasteiger charge is -2.29. The monoisotopic (exact) mass is 471 g/mol. The maximum atomic E-state index is 12.8. The molecule has 0 bridgehead atoms. The first-order valence-corrected chi connectivity index (χ1v) is 11.5. The van der Waals surface area contributed by atoms with Crippen LogP contribution in [0.15, 0.2) is 42.5 Å². The molecule has 0 aliphatic carbocycles. The van der Waals surface area contributed by atoms with Gasteiger partial charge in [-0.15, -0.1) is 0 Å². The molecule has 2 aliphatic rings. The molecule has 3 aromatic rings. The van der Waals surface area contributed by atoms with Crippen LogP contribution in [0.25, 0.3) is 11.3 Å². The van der Waals surface area contributed by atoms with Crippen molar-refractivity contribution in [1.29, 1.82) is 0 Å². The van der Waals surface area contributed by atoms with Crippen LogP contribution in [0.4, 0.5) is 0 Å². The van der Waals surface area contributed by atoms with Gasteiger partial charge in [-0.2, -0.15) is 5.10 Å². The molecule has 178 valence electrons. The minimum absolute atomic E-state index is 0.215. The number of aromatic amines is 1. The van der Waals surface area contributed by atoms with Crippen LogP contribution in [0.1, 0.15) is 55.9 Å². The molecule has 1 atom stereocenters. The predicted molar refractivity (Wildman–Crippen MR) is 127 cm³/mol. The first-order valence-electron chi connectivity index (χ1n) is 11.5. The van der Waals surface area contributed by atoms with E-state index in [0.717, 1.165) is 27.8 Å². The van der Waals surface area contributed by atoms with E-state index in [1.54, 1.807) is 18.2 Å². The third-order valence-electron chi connectivity index (χ3n) is 6.52. The van der Waals surface area contributed by atoms with Crippen LogP contribution in [0, 0.1) is 13.8 Å². The van der Waals surface area contributed by atoms with Crippen molar-refractivity contribution >= 4 is 23.6 Å². The molecule has 1 unspecified atom stereocenters. The summed E-state index contributed by atoms with van der Waals surface area (Å²) >= 11 is 0. The van der Waals surface area contributed by atoms with E-state index in [-0.39, 0.29) is 30.7 Å². The maximum absolute atomic E-state index is 12.8. The molecule has 1 fully saturated rings. The van der Waals surface area contributed by atoms with Crippen molar-refractivity contribution < 1.29 is 19.2 Å². The zero-order chi connectivity index (χ0) is 24.7. The lowest BCUT2D eigenvalue weighted by molar-refractivity contribution is -0.136. The number of carbonyl (C=O) groups is 4. The van der Waals surface area contributed by atoms with Crippen molar-refractivity contribution in [1.82, 2.24) is 25.7 Å². The van der Waals surface area contributed by atoms with Gasteiger partial charge >= 0.3 is 0 Å². The van der Waals surface area contributed by atoms with Crippen LogP contribution in [0.3, 0.4) is 0 Å². The first-order chi connectivity index (χ1) is 16.8. The fourth-order valence-corrected chi connectivity index (χ4v) is 4.69. The second-order valence-electron chi connectivity index (χ2n) is 9.06. The Bertz CT molecular complexity index is 1380. The van der Waals surface area contributed by atoms with Crippen molar-refractivity contribution in [2.75, 3.05) is 0 Å². The van der Waals surface area contributed by atoms with E-state index in [1.807, 2.05) is 32.0 Å². The molecular weight excluding hydrogens is 446 g/mol. The lowest BCUT2D eigenvalue weighted by atomic mass is 10.0. The van der Waals surface area contributed by atoms with Crippen LogP contribution in [-0.2, 0) is 22.7 Å².